The average molecular weight is 333 g/mol. The van der Waals surface area contributed by atoms with E-state index in [1.54, 1.807) is 0 Å². The number of nitrogens with zero attached hydrogens (tertiary/aromatic N) is 3. The highest BCUT2D eigenvalue weighted by Gasteiger charge is 2.28. The molecular formula is C6H13IN3O3P. The van der Waals surface area contributed by atoms with Crippen LogP contribution < -0.4 is 0 Å². The molecule has 0 bridgehead atoms. The van der Waals surface area contributed by atoms with Crippen molar-refractivity contribution in [3.63, 3.8) is 0 Å². The van der Waals surface area contributed by atoms with Gasteiger partial charge in [-0.25, -0.2) is 7.42 Å². The number of guanidine groups is 1. The van der Waals surface area contributed by atoms with Crippen LogP contribution in [0, 0.1) is 0 Å². The van der Waals surface area contributed by atoms with E-state index in [4.69, 9.17) is 7.38 Å². The molecule has 0 radical (unpaired) electrons. The molecule has 82 valence electrons. The number of likely N-dealkylation sites (N-methyl/N-ethyl adjacent to an activating group) is 2. The maximum atomic E-state index is 11.7. The van der Waals surface area contributed by atoms with E-state index in [9.17, 15) is 4.57 Å². The first-order chi connectivity index (χ1) is 6.52. The van der Waals surface area contributed by atoms with E-state index in [0.29, 0.717) is 5.96 Å². The summed E-state index contributed by atoms with van der Waals surface area (Å²) in [5.41, 5.74) is 0. The van der Waals surface area contributed by atoms with Crippen molar-refractivity contribution in [2.75, 3.05) is 34.3 Å². The van der Waals surface area contributed by atoms with Crippen molar-refractivity contribution in [2.45, 2.75) is 0 Å². The van der Waals surface area contributed by atoms with Gasteiger partial charge in [-0.3, -0.25) is 4.52 Å². The Morgan fingerprint density at radius 3 is 2.29 bits per heavy atom. The summed E-state index contributed by atoms with van der Waals surface area (Å²) in [5, 5.41) is 0. The molecular weight excluding hydrogens is 320 g/mol. The number of halogens is 1. The second kappa shape index (κ2) is 4.78. The lowest BCUT2D eigenvalue weighted by Gasteiger charge is -2.17. The highest BCUT2D eigenvalue weighted by Crippen LogP contribution is 2.51. The molecule has 1 heterocycles. The average Bonchev–Trinajstić information content (AvgIpc) is 2.49. The van der Waals surface area contributed by atoms with E-state index < -0.39 is 7.75 Å². The Kier molecular flexibility index (Phi) is 4.17. The van der Waals surface area contributed by atoms with E-state index >= 15 is 0 Å². The van der Waals surface area contributed by atoms with E-state index in [2.05, 4.69) is 4.76 Å². The first-order valence-electron chi connectivity index (χ1n) is 4.01. The van der Waals surface area contributed by atoms with E-state index in [-0.39, 0.29) is 0 Å². The van der Waals surface area contributed by atoms with Crippen molar-refractivity contribution in [3.8, 4) is 0 Å². The van der Waals surface area contributed by atoms with Crippen LogP contribution in [0.25, 0.3) is 0 Å². The van der Waals surface area contributed by atoms with E-state index in [1.165, 1.54) is 30.1 Å². The molecule has 1 saturated heterocycles. The molecule has 0 spiro atoms. The molecule has 6 nitrogen and oxygen atoms in total. The van der Waals surface area contributed by atoms with Gasteiger partial charge in [0.15, 0.2) is 0 Å². The SMILES string of the molecule is COP(=O)(N=C1N(C)CCN1C)OI. The number of hydrogen-bond donors (Lipinski definition) is 0. The van der Waals surface area contributed by atoms with Gasteiger partial charge in [-0.15, -0.1) is 4.76 Å². The second-order valence-electron chi connectivity index (χ2n) is 2.96. The minimum atomic E-state index is -3.31. The molecule has 0 aromatic carbocycles. The van der Waals surface area contributed by atoms with Crippen LogP contribution in [-0.4, -0.2) is 50.1 Å². The highest BCUT2D eigenvalue weighted by atomic mass is 127. The summed E-state index contributed by atoms with van der Waals surface area (Å²) >= 11 is 1.53. The van der Waals surface area contributed by atoms with E-state index in [0.717, 1.165) is 13.1 Å². The molecule has 1 aliphatic rings. The summed E-state index contributed by atoms with van der Waals surface area (Å²) in [5.74, 6) is 0.631. The molecule has 0 aromatic heterocycles. The Bertz CT molecular complexity index is 265. The summed E-state index contributed by atoms with van der Waals surface area (Å²) in [6.45, 7) is 1.72. The smallest absolute Gasteiger partial charge is 0.344 e. The van der Waals surface area contributed by atoms with Gasteiger partial charge in [-0.1, -0.05) is 0 Å². The van der Waals surface area contributed by atoms with E-state index in [1.807, 2.05) is 23.9 Å². The zero-order chi connectivity index (χ0) is 10.8. The quantitative estimate of drug-likeness (QED) is 0.576. The normalized spacial score (nSPS) is 21.3. The summed E-state index contributed by atoms with van der Waals surface area (Å²) in [6.07, 6.45) is 0. The maximum absolute atomic E-state index is 11.7. The third kappa shape index (κ3) is 2.59. The molecule has 1 rings (SSSR count). The van der Waals surface area contributed by atoms with Crippen molar-refractivity contribution >= 4 is 36.7 Å². The molecule has 1 unspecified atom stereocenters. The van der Waals surface area contributed by atoms with Gasteiger partial charge in [0, 0.05) is 34.3 Å². The lowest BCUT2D eigenvalue weighted by atomic mass is 10.6. The Morgan fingerprint density at radius 1 is 1.43 bits per heavy atom. The van der Waals surface area contributed by atoms with Gasteiger partial charge in [-0.2, -0.15) is 0 Å². The summed E-state index contributed by atoms with van der Waals surface area (Å²) in [7, 11) is 1.77. The number of rotatable bonds is 3. The van der Waals surface area contributed by atoms with Crippen LogP contribution in [0.2, 0.25) is 0 Å². The van der Waals surface area contributed by atoms with Gasteiger partial charge < -0.3 is 9.80 Å². The zero-order valence-electron chi connectivity index (χ0n) is 8.31. The Hall–Kier alpha value is 0.150. The largest absolute Gasteiger partial charge is 0.466 e. The lowest BCUT2D eigenvalue weighted by molar-refractivity contribution is 0.346. The van der Waals surface area contributed by atoms with Crippen molar-refractivity contribution < 1.29 is 11.9 Å². The number of hydrogen-bond acceptors (Lipinski definition) is 3. The van der Waals surface area contributed by atoms with Crippen molar-refractivity contribution in [2.24, 2.45) is 4.76 Å². The summed E-state index contributed by atoms with van der Waals surface area (Å²) in [4.78, 5) is 3.81. The minimum Gasteiger partial charge on any atom is -0.344 e. The van der Waals surface area contributed by atoms with Gasteiger partial charge in [0.1, 0.15) is 23.0 Å². The minimum absolute atomic E-state index is 0.631. The fraction of sp³-hybridized carbons (Fsp3) is 0.833. The third-order valence-corrected chi connectivity index (χ3v) is 4.54. The molecule has 1 aliphatic heterocycles. The van der Waals surface area contributed by atoms with Crippen LogP contribution in [0.15, 0.2) is 4.76 Å². The van der Waals surface area contributed by atoms with Crippen LogP contribution in [0.4, 0.5) is 0 Å². The summed E-state index contributed by atoms with van der Waals surface area (Å²) in [6, 6.07) is 0. The molecule has 1 fully saturated rings. The van der Waals surface area contributed by atoms with Gasteiger partial charge in [0.25, 0.3) is 0 Å². The molecule has 0 aromatic rings. The van der Waals surface area contributed by atoms with Crippen LogP contribution >= 0.6 is 30.8 Å². The first kappa shape index (κ1) is 12.2. The topological polar surface area (TPSA) is 54.4 Å². The molecule has 14 heavy (non-hydrogen) atoms. The first-order valence-corrected chi connectivity index (χ1v) is 6.38. The van der Waals surface area contributed by atoms with Crippen molar-refractivity contribution in [1.82, 2.24) is 9.80 Å². The standard InChI is InChI=1S/C6H13IN3O3P/c1-9-4-5-10(2)6(9)8-14(11,12-3)13-7/h4-5H2,1-3H3. The molecule has 0 N–H and O–H groups in total. The predicted octanol–water partition coefficient (Wildman–Crippen LogP) is 1.34. The predicted molar refractivity (Wildman–Crippen MR) is 62.4 cm³/mol. The summed E-state index contributed by atoms with van der Waals surface area (Å²) < 4.78 is 25.1. The molecule has 0 amide bonds. The molecule has 0 aliphatic carbocycles. The Labute approximate surface area is 97.5 Å². The highest BCUT2D eigenvalue weighted by molar-refractivity contribution is 14.1. The van der Waals surface area contributed by atoms with Gasteiger partial charge in [-0.05, 0) is 0 Å². The fourth-order valence-corrected chi connectivity index (χ4v) is 2.58. The molecule has 8 heteroatoms. The molecule has 0 saturated carbocycles. The molecule has 1 atom stereocenters. The van der Waals surface area contributed by atoms with Crippen LogP contribution in [0.1, 0.15) is 0 Å². The van der Waals surface area contributed by atoms with Crippen molar-refractivity contribution in [3.05, 3.63) is 0 Å². The van der Waals surface area contributed by atoms with Crippen molar-refractivity contribution in [1.29, 1.82) is 0 Å². The third-order valence-electron chi connectivity index (χ3n) is 1.98. The Morgan fingerprint density at radius 2 is 1.93 bits per heavy atom. The maximum Gasteiger partial charge on any atom is 0.466 e. The lowest BCUT2D eigenvalue weighted by Crippen LogP contribution is -2.28. The van der Waals surface area contributed by atoms with Gasteiger partial charge >= 0.3 is 7.75 Å². The fourth-order valence-electron chi connectivity index (χ4n) is 1.14. The van der Waals surface area contributed by atoms with Crippen LogP contribution in [0.3, 0.4) is 0 Å². The Balaban J connectivity index is 2.90. The van der Waals surface area contributed by atoms with Gasteiger partial charge in [0.05, 0.1) is 0 Å². The monoisotopic (exact) mass is 333 g/mol. The van der Waals surface area contributed by atoms with Gasteiger partial charge in [0.2, 0.25) is 5.96 Å². The van der Waals surface area contributed by atoms with Crippen LogP contribution in [-0.2, 0) is 11.9 Å². The zero-order valence-corrected chi connectivity index (χ0v) is 11.4. The second-order valence-corrected chi connectivity index (χ2v) is 5.79. The van der Waals surface area contributed by atoms with Crippen LogP contribution in [0.5, 0.6) is 0 Å².